The van der Waals surface area contributed by atoms with Crippen LogP contribution >= 0.6 is 0 Å². The van der Waals surface area contributed by atoms with Crippen molar-refractivity contribution < 1.29 is 29.3 Å². The first-order chi connectivity index (χ1) is 11.0. The number of nitrogens with zero attached hydrogens (tertiary/aromatic N) is 1. The Morgan fingerprint density at radius 2 is 2.00 bits per heavy atom. The Hall–Kier alpha value is -2.54. The second-order valence-electron chi connectivity index (χ2n) is 5.05. The Bertz CT molecular complexity index is 667. The number of ether oxygens (including phenoxy) is 2. The van der Waals surface area contributed by atoms with E-state index >= 15 is 0 Å². The first kappa shape index (κ1) is 16.8. The molecule has 2 rings (SSSR count). The van der Waals surface area contributed by atoms with Crippen molar-refractivity contribution in [3.63, 3.8) is 0 Å². The molecule has 1 heterocycles. The number of carbonyl (C=O) groups excluding carboxylic acids is 2. The number of carbonyl (C=O) groups is 2. The van der Waals surface area contributed by atoms with Gasteiger partial charge in [0.05, 0.1) is 32.4 Å². The van der Waals surface area contributed by atoms with Crippen LogP contribution in [-0.2, 0) is 9.59 Å². The molecule has 0 aromatic heterocycles. The van der Waals surface area contributed by atoms with Crippen molar-refractivity contribution >= 4 is 11.7 Å². The van der Waals surface area contributed by atoms with Crippen LogP contribution in [0.2, 0.25) is 0 Å². The number of aliphatic hydroxyl groups is 2. The summed E-state index contributed by atoms with van der Waals surface area (Å²) in [6, 6.07) is 4.16. The van der Waals surface area contributed by atoms with Crippen molar-refractivity contribution in [3.05, 3.63) is 35.1 Å². The molecule has 0 unspecified atom stereocenters. The lowest BCUT2D eigenvalue weighted by molar-refractivity contribution is -0.129. The standard InChI is InChI=1S/C16H19NO6/c1-9(19)13-14(17(6-7-18)16(21)15(13)20)11-5-4-10(22-2)8-12(11)23-3/h4-5,8,14,18,20H,6-7H2,1-3H3/t14-/m0/s1. The minimum Gasteiger partial charge on any atom is -0.503 e. The summed E-state index contributed by atoms with van der Waals surface area (Å²) in [7, 11) is 2.97. The highest BCUT2D eigenvalue weighted by Gasteiger charge is 2.43. The molecule has 7 heteroatoms. The predicted octanol–water partition coefficient (Wildman–Crippen LogP) is 0.980. The van der Waals surface area contributed by atoms with Crippen LogP contribution in [0.25, 0.3) is 0 Å². The molecule has 23 heavy (non-hydrogen) atoms. The molecular formula is C16H19NO6. The van der Waals surface area contributed by atoms with Crippen LogP contribution < -0.4 is 9.47 Å². The highest BCUT2D eigenvalue weighted by Crippen LogP contribution is 2.42. The number of benzene rings is 1. The SMILES string of the molecule is COc1ccc([C@H]2C(C(C)=O)=C(O)C(=O)N2CCO)c(OC)c1. The van der Waals surface area contributed by atoms with E-state index in [4.69, 9.17) is 9.47 Å². The summed E-state index contributed by atoms with van der Waals surface area (Å²) < 4.78 is 10.5. The van der Waals surface area contributed by atoms with Crippen LogP contribution in [0.1, 0.15) is 18.5 Å². The number of amides is 1. The molecule has 1 aromatic rings. The monoisotopic (exact) mass is 321 g/mol. The Balaban J connectivity index is 2.61. The molecule has 1 amide bonds. The molecule has 1 aromatic carbocycles. The maximum Gasteiger partial charge on any atom is 0.290 e. The van der Waals surface area contributed by atoms with Crippen molar-refractivity contribution in [2.45, 2.75) is 13.0 Å². The molecule has 1 atom stereocenters. The molecule has 0 saturated carbocycles. The first-order valence-corrected chi connectivity index (χ1v) is 7.04. The van der Waals surface area contributed by atoms with E-state index in [0.29, 0.717) is 17.1 Å². The van der Waals surface area contributed by atoms with Crippen molar-refractivity contribution in [2.24, 2.45) is 0 Å². The maximum absolute atomic E-state index is 12.2. The molecule has 0 aliphatic carbocycles. The number of β-amino-alcohol motifs (C(OH)–C–C–N with tert-alkyl or cyclic N) is 1. The van der Waals surface area contributed by atoms with E-state index < -0.39 is 23.5 Å². The summed E-state index contributed by atoms with van der Waals surface area (Å²) in [6.45, 7) is 0.975. The average Bonchev–Trinajstić information content (AvgIpc) is 2.79. The summed E-state index contributed by atoms with van der Waals surface area (Å²) in [5, 5.41) is 19.2. The molecular weight excluding hydrogens is 302 g/mol. The van der Waals surface area contributed by atoms with Gasteiger partial charge in [0.25, 0.3) is 5.91 Å². The van der Waals surface area contributed by atoms with E-state index in [9.17, 15) is 19.8 Å². The van der Waals surface area contributed by atoms with Gasteiger partial charge in [-0.1, -0.05) is 0 Å². The Kier molecular flexibility index (Phi) is 4.90. The Morgan fingerprint density at radius 3 is 2.52 bits per heavy atom. The fourth-order valence-corrected chi connectivity index (χ4v) is 2.72. The molecule has 0 fully saturated rings. The normalized spacial score (nSPS) is 17.7. The van der Waals surface area contributed by atoms with Crippen LogP contribution in [0.15, 0.2) is 29.5 Å². The van der Waals surface area contributed by atoms with Gasteiger partial charge in [-0.2, -0.15) is 0 Å². The van der Waals surface area contributed by atoms with Gasteiger partial charge in [-0.3, -0.25) is 9.59 Å². The van der Waals surface area contributed by atoms with Crippen molar-refractivity contribution in [1.29, 1.82) is 0 Å². The lowest BCUT2D eigenvalue weighted by atomic mass is 9.95. The fraction of sp³-hybridized carbons (Fsp3) is 0.375. The number of hydrogen-bond donors (Lipinski definition) is 2. The molecule has 1 aliphatic heterocycles. The lowest BCUT2D eigenvalue weighted by Crippen LogP contribution is -2.33. The van der Waals surface area contributed by atoms with E-state index in [-0.39, 0.29) is 18.7 Å². The number of rotatable bonds is 6. The number of Topliss-reactive ketones (excluding diaryl/α,β-unsaturated/α-hetero) is 1. The molecule has 2 N–H and O–H groups in total. The number of ketones is 1. The highest BCUT2D eigenvalue weighted by molar-refractivity contribution is 6.08. The van der Waals surface area contributed by atoms with Gasteiger partial charge in [0.15, 0.2) is 11.5 Å². The smallest absolute Gasteiger partial charge is 0.290 e. The van der Waals surface area contributed by atoms with Gasteiger partial charge < -0.3 is 24.6 Å². The quantitative estimate of drug-likeness (QED) is 0.811. The summed E-state index contributed by atoms with van der Waals surface area (Å²) in [6.07, 6.45) is 0. The minimum atomic E-state index is -0.812. The first-order valence-electron chi connectivity index (χ1n) is 7.04. The molecule has 1 aliphatic rings. The van der Waals surface area contributed by atoms with Gasteiger partial charge in [0.2, 0.25) is 0 Å². The van der Waals surface area contributed by atoms with Crippen LogP contribution in [0.4, 0.5) is 0 Å². The molecule has 7 nitrogen and oxygen atoms in total. The highest BCUT2D eigenvalue weighted by atomic mass is 16.5. The van der Waals surface area contributed by atoms with E-state index in [0.717, 1.165) is 0 Å². The van der Waals surface area contributed by atoms with Crippen LogP contribution in [0, 0.1) is 0 Å². The molecule has 0 bridgehead atoms. The zero-order valence-corrected chi connectivity index (χ0v) is 13.2. The molecule has 0 spiro atoms. The molecule has 0 saturated heterocycles. The second-order valence-corrected chi connectivity index (χ2v) is 5.05. The third-order valence-corrected chi connectivity index (χ3v) is 3.76. The third kappa shape index (κ3) is 2.87. The number of hydrogen-bond acceptors (Lipinski definition) is 6. The van der Waals surface area contributed by atoms with E-state index in [1.54, 1.807) is 18.2 Å². The van der Waals surface area contributed by atoms with Gasteiger partial charge in [-0.15, -0.1) is 0 Å². The van der Waals surface area contributed by atoms with E-state index in [1.165, 1.54) is 26.0 Å². The summed E-state index contributed by atoms with van der Waals surface area (Å²) in [5.74, 6) is -0.722. The fourth-order valence-electron chi connectivity index (χ4n) is 2.72. The van der Waals surface area contributed by atoms with Gasteiger partial charge in [-0.05, 0) is 19.1 Å². The Morgan fingerprint density at radius 1 is 1.30 bits per heavy atom. The van der Waals surface area contributed by atoms with E-state index in [2.05, 4.69) is 0 Å². The zero-order chi connectivity index (χ0) is 17.1. The van der Waals surface area contributed by atoms with Crippen LogP contribution in [0.5, 0.6) is 11.5 Å². The second kappa shape index (κ2) is 6.70. The van der Waals surface area contributed by atoms with Gasteiger partial charge in [-0.25, -0.2) is 0 Å². The summed E-state index contributed by atoms with van der Waals surface area (Å²) in [4.78, 5) is 25.4. The van der Waals surface area contributed by atoms with Crippen LogP contribution in [0.3, 0.4) is 0 Å². The minimum absolute atomic E-state index is 0.00748. The van der Waals surface area contributed by atoms with Crippen LogP contribution in [-0.4, -0.2) is 54.2 Å². The molecule has 124 valence electrons. The van der Waals surface area contributed by atoms with Crippen molar-refractivity contribution in [1.82, 2.24) is 4.90 Å². The zero-order valence-electron chi connectivity index (χ0n) is 13.2. The maximum atomic E-state index is 12.2. The van der Waals surface area contributed by atoms with E-state index in [1.807, 2.05) is 0 Å². The average molecular weight is 321 g/mol. The predicted molar refractivity (Wildman–Crippen MR) is 81.4 cm³/mol. The lowest BCUT2D eigenvalue weighted by Gasteiger charge is -2.27. The molecule has 0 radical (unpaired) electrons. The van der Waals surface area contributed by atoms with Gasteiger partial charge in [0.1, 0.15) is 11.5 Å². The number of methoxy groups -OCH3 is 2. The summed E-state index contributed by atoms with van der Waals surface area (Å²) >= 11 is 0. The third-order valence-electron chi connectivity index (χ3n) is 3.76. The largest absolute Gasteiger partial charge is 0.503 e. The van der Waals surface area contributed by atoms with Crippen molar-refractivity contribution in [3.8, 4) is 11.5 Å². The topological polar surface area (TPSA) is 96.3 Å². The van der Waals surface area contributed by atoms with Gasteiger partial charge in [0, 0.05) is 18.2 Å². The summed E-state index contributed by atoms with van der Waals surface area (Å²) in [5.41, 5.74) is 0.524. The van der Waals surface area contributed by atoms with Gasteiger partial charge >= 0.3 is 0 Å². The Labute approximate surface area is 133 Å². The number of aliphatic hydroxyl groups excluding tert-OH is 2. The van der Waals surface area contributed by atoms with Crippen molar-refractivity contribution in [2.75, 3.05) is 27.4 Å².